The van der Waals surface area contributed by atoms with Gasteiger partial charge in [-0.1, -0.05) is 6.08 Å². The summed E-state index contributed by atoms with van der Waals surface area (Å²) in [7, 11) is 1.94. The number of allylic oxidation sites excluding steroid dienone is 1. The lowest BCUT2D eigenvalue weighted by Crippen LogP contribution is -2.17. The van der Waals surface area contributed by atoms with Gasteiger partial charge in [0, 0.05) is 12.2 Å². The molecule has 0 saturated carbocycles. The summed E-state index contributed by atoms with van der Waals surface area (Å²) in [5.74, 6) is 0. The summed E-state index contributed by atoms with van der Waals surface area (Å²) in [5, 5.41) is 3.22. The van der Waals surface area contributed by atoms with Crippen molar-refractivity contribution in [2.75, 3.05) is 7.05 Å². The molecule has 1 atom stereocenters. The molecule has 1 aromatic heterocycles. The molecular weight excluding hydrogens is 162 g/mol. The Hall–Kier alpha value is -1.22. The van der Waals surface area contributed by atoms with Crippen LogP contribution in [-0.2, 0) is 0 Å². The zero-order valence-electron chi connectivity index (χ0n) is 7.90. The molecular formula is C10H15N3. The third-order valence-electron chi connectivity index (χ3n) is 1.97. The molecule has 13 heavy (non-hydrogen) atoms. The Morgan fingerprint density at radius 1 is 1.69 bits per heavy atom. The van der Waals surface area contributed by atoms with Gasteiger partial charge in [0.1, 0.15) is 6.33 Å². The van der Waals surface area contributed by atoms with Crippen LogP contribution in [0, 0.1) is 0 Å². The molecule has 1 heterocycles. The molecule has 0 spiro atoms. The zero-order valence-corrected chi connectivity index (χ0v) is 7.90. The molecule has 1 N–H and O–H groups in total. The Morgan fingerprint density at radius 3 is 3.08 bits per heavy atom. The maximum Gasteiger partial charge on any atom is 0.115 e. The van der Waals surface area contributed by atoms with Gasteiger partial charge in [-0.05, 0) is 26.0 Å². The van der Waals surface area contributed by atoms with Crippen LogP contribution in [0.15, 0.2) is 31.2 Å². The maximum atomic E-state index is 4.19. The number of aromatic nitrogens is 2. The fourth-order valence-corrected chi connectivity index (χ4v) is 1.23. The fraction of sp³-hybridized carbons (Fsp3) is 0.400. The van der Waals surface area contributed by atoms with Gasteiger partial charge in [0.15, 0.2) is 0 Å². The maximum absolute atomic E-state index is 4.19. The van der Waals surface area contributed by atoms with Gasteiger partial charge in [-0.2, -0.15) is 0 Å². The number of nitrogens with zero attached hydrogens (tertiary/aromatic N) is 2. The van der Waals surface area contributed by atoms with E-state index in [1.54, 1.807) is 12.5 Å². The van der Waals surface area contributed by atoms with Crippen molar-refractivity contribution in [2.45, 2.75) is 18.9 Å². The second-order valence-electron chi connectivity index (χ2n) is 2.84. The number of hydrogen-bond acceptors (Lipinski definition) is 3. The molecule has 70 valence electrons. The molecule has 3 heteroatoms. The number of rotatable bonds is 5. The smallest absolute Gasteiger partial charge is 0.115 e. The van der Waals surface area contributed by atoms with Gasteiger partial charge in [-0.25, -0.2) is 9.97 Å². The first-order valence-electron chi connectivity index (χ1n) is 4.42. The first-order chi connectivity index (χ1) is 6.38. The SMILES string of the molecule is C=CCCC(NC)c1ccncn1. The Labute approximate surface area is 78.9 Å². The first kappa shape index (κ1) is 9.86. The summed E-state index contributed by atoms with van der Waals surface area (Å²) >= 11 is 0. The van der Waals surface area contributed by atoms with Crippen molar-refractivity contribution < 1.29 is 0 Å². The molecule has 3 nitrogen and oxygen atoms in total. The molecule has 0 radical (unpaired) electrons. The normalized spacial score (nSPS) is 12.4. The Balaban J connectivity index is 2.61. The van der Waals surface area contributed by atoms with E-state index >= 15 is 0 Å². The molecule has 1 rings (SSSR count). The van der Waals surface area contributed by atoms with E-state index in [1.165, 1.54) is 0 Å². The van der Waals surface area contributed by atoms with Crippen LogP contribution in [0.25, 0.3) is 0 Å². The van der Waals surface area contributed by atoms with Crippen molar-refractivity contribution in [2.24, 2.45) is 0 Å². The van der Waals surface area contributed by atoms with Crippen molar-refractivity contribution in [3.63, 3.8) is 0 Å². The van der Waals surface area contributed by atoms with E-state index in [0.717, 1.165) is 18.5 Å². The highest BCUT2D eigenvalue weighted by Gasteiger charge is 2.07. The second-order valence-corrected chi connectivity index (χ2v) is 2.84. The van der Waals surface area contributed by atoms with E-state index in [2.05, 4.69) is 21.9 Å². The largest absolute Gasteiger partial charge is 0.312 e. The molecule has 0 saturated heterocycles. The summed E-state index contributed by atoms with van der Waals surface area (Å²) in [4.78, 5) is 8.08. The molecule has 0 amide bonds. The van der Waals surface area contributed by atoms with Gasteiger partial charge in [-0.3, -0.25) is 0 Å². The second kappa shape index (κ2) is 5.43. The van der Waals surface area contributed by atoms with Crippen LogP contribution >= 0.6 is 0 Å². The third kappa shape index (κ3) is 2.95. The monoisotopic (exact) mass is 177 g/mol. The summed E-state index contributed by atoms with van der Waals surface area (Å²) in [5.41, 5.74) is 1.04. The average molecular weight is 177 g/mol. The molecule has 0 aliphatic heterocycles. The van der Waals surface area contributed by atoms with Gasteiger partial charge in [-0.15, -0.1) is 6.58 Å². The molecule has 1 unspecified atom stereocenters. The van der Waals surface area contributed by atoms with Crippen molar-refractivity contribution in [3.8, 4) is 0 Å². The highest BCUT2D eigenvalue weighted by molar-refractivity contribution is 5.04. The molecule has 0 fully saturated rings. The lowest BCUT2D eigenvalue weighted by molar-refractivity contribution is 0.539. The highest BCUT2D eigenvalue weighted by atomic mass is 14.9. The Morgan fingerprint density at radius 2 is 2.54 bits per heavy atom. The van der Waals surface area contributed by atoms with Crippen molar-refractivity contribution >= 4 is 0 Å². The molecule has 1 aromatic rings. The van der Waals surface area contributed by atoms with E-state index in [9.17, 15) is 0 Å². The lowest BCUT2D eigenvalue weighted by atomic mass is 10.1. The molecule has 0 aliphatic rings. The predicted molar refractivity (Wildman–Crippen MR) is 53.3 cm³/mol. The zero-order chi connectivity index (χ0) is 9.52. The molecule has 0 aromatic carbocycles. The van der Waals surface area contributed by atoms with Gasteiger partial charge >= 0.3 is 0 Å². The predicted octanol–water partition coefficient (Wildman–Crippen LogP) is 1.70. The minimum Gasteiger partial charge on any atom is -0.312 e. The van der Waals surface area contributed by atoms with Gasteiger partial charge in [0.2, 0.25) is 0 Å². The van der Waals surface area contributed by atoms with E-state index in [0.29, 0.717) is 6.04 Å². The lowest BCUT2D eigenvalue weighted by Gasteiger charge is -2.13. The standard InChI is InChI=1S/C10H15N3/c1-3-4-5-9(11-2)10-6-7-12-8-13-10/h3,6-9,11H,1,4-5H2,2H3. The van der Waals surface area contributed by atoms with Crippen LogP contribution < -0.4 is 5.32 Å². The molecule has 0 aliphatic carbocycles. The van der Waals surface area contributed by atoms with Crippen LogP contribution in [0.5, 0.6) is 0 Å². The minimum absolute atomic E-state index is 0.306. The van der Waals surface area contributed by atoms with Gasteiger partial charge in [0.25, 0.3) is 0 Å². The van der Waals surface area contributed by atoms with Gasteiger partial charge < -0.3 is 5.32 Å². The van der Waals surface area contributed by atoms with E-state index < -0.39 is 0 Å². The fourth-order valence-electron chi connectivity index (χ4n) is 1.23. The van der Waals surface area contributed by atoms with Crippen LogP contribution in [0.2, 0.25) is 0 Å². The Bertz CT molecular complexity index is 246. The minimum atomic E-state index is 0.306. The Kier molecular flexibility index (Phi) is 4.12. The van der Waals surface area contributed by atoms with Crippen LogP contribution in [0.1, 0.15) is 24.6 Å². The van der Waals surface area contributed by atoms with E-state index in [-0.39, 0.29) is 0 Å². The van der Waals surface area contributed by atoms with Crippen molar-refractivity contribution in [1.82, 2.24) is 15.3 Å². The van der Waals surface area contributed by atoms with Crippen LogP contribution in [-0.4, -0.2) is 17.0 Å². The quantitative estimate of drug-likeness (QED) is 0.696. The van der Waals surface area contributed by atoms with Crippen LogP contribution in [0.3, 0.4) is 0 Å². The first-order valence-corrected chi connectivity index (χ1v) is 4.42. The summed E-state index contributed by atoms with van der Waals surface area (Å²) in [6.07, 6.45) is 7.28. The molecule has 0 bridgehead atoms. The summed E-state index contributed by atoms with van der Waals surface area (Å²) < 4.78 is 0. The summed E-state index contributed by atoms with van der Waals surface area (Å²) in [6.45, 7) is 3.70. The highest BCUT2D eigenvalue weighted by Crippen LogP contribution is 2.14. The summed E-state index contributed by atoms with van der Waals surface area (Å²) in [6, 6.07) is 2.24. The average Bonchev–Trinajstić information content (AvgIpc) is 2.21. The van der Waals surface area contributed by atoms with Gasteiger partial charge in [0.05, 0.1) is 5.69 Å². The van der Waals surface area contributed by atoms with Crippen LogP contribution in [0.4, 0.5) is 0 Å². The number of nitrogens with one attached hydrogen (secondary N) is 1. The van der Waals surface area contributed by atoms with Crippen molar-refractivity contribution in [3.05, 3.63) is 36.9 Å². The van der Waals surface area contributed by atoms with E-state index in [1.807, 2.05) is 19.2 Å². The van der Waals surface area contributed by atoms with Crippen molar-refractivity contribution in [1.29, 1.82) is 0 Å². The number of hydrogen-bond donors (Lipinski definition) is 1. The van der Waals surface area contributed by atoms with E-state index in [4.69, 9.17) is 0 Å². The topological polar surface area (TPSA) is 37.8 Å². The third-order valence-corrected chi connectivity index (χ3v) is 1.97.